The van der Waals surface area contributed by atoms with Crippen molar-refractivity contribution in [1.29, 1.82) is 0 Å². The molecule has 1 aromatic heterocycles. The van der Waals surface area contributed by atoms with E-state index in [1.165, 1.54) is 9.75 Å². The quantitative estimate of drug-likeness (QED) is 0.870. The lowest BCUT2D eigenvalue weighted by molar-refractivity contribution is -0.130. The number of thiophene rings is 1. The molecular formula is C14H22N2O2S. The highest BCUT2D eigenvalue weighted by Gasteiger charge is 2.39. The lowest BCUT2D eigenvalue weighted by Crippen LogP contribution is -2.33. The van der Waals surface area contributed by atoms with Gasteiger partial charge >= 0.3 is 0 Å². The van der Waals surface area contributed by atoms with Gasteiger partial charge in [0.15, 0.2) is 0 Å². The van der Waals surface area contributed by atoms with Crippen molar-refractivity contribution in [1.82, 2.24) is 10.2 Å². The minimum Gasteiger partial charge on any atom is -0.383 e. The van der Waals surface area contributed by atoms with Crippen LogP contribution in [0.4, 0.5) is 0 Å². The number of nitrogens with one attached hydrogen (secondary N) is 1. The molecule has 1 N–H and O–H groups in total. The second-order valence-electron chi connectivity index (χ2n) is 4.88. The third-order valence-corrected chi connectivity index (χ3v) is 4.45. The van der Waals surface area contributed by atoms with Crippen molar-refractivity contribution in [2.24, 2.45) is 0 Å². The van der Waals surface area contributed by atoms with Crippen LogP contribution in [-0.2, 0) is 9.53 Å². The van der Waals surface area contributed by atoms with Crippen LogP contribution in [0.3, 0.4) is 0 Å². The SMILES string of the molecule is CCCC1NC(c2ccc(C)s2)N(CCOC)C1=O. The summed E-state index contributed by atoms with van der Waals surface area (Å²) >= 11 is 1.75. The van der Waals surface area contributed by atoms with E-state index in [-0.39, 0.29) is 18.1 Å². The zero-order valence-electron chi connectivity index (χ0n) is 11.8. The van der Waals surface area contributed by atoms with Gasteiger partial charge in [0, 0.05) is 23.4 Å². The average Bonchev–Trinajstić information content (AvgIpc) is 2.94. The summed E-state index contributed by atoms with van der Waals surface area (Å²) in [6.45, 7) is 5.42. The summed E-state index contributed by atoms with van der Waals surface area (Å²) < 4.78 is 5.12. The highest BCUT2D eigenvalue weighted by atomic mass is 32.1. The van der Waals surface area contributed by atoms with Gasteiger partial charge in [0.25, 0.3) is 0 Å². The summed E-state index contributed by atoms with van der Waals surface area (Å²) in [6.07, 6.45) is 1.92. The van der Waals surface area contributed by atoms with Crippen molar-refractivity contribution in [3.8, 4) is 0 Å². The molecule has 0 radical (unpaired) electrons. The molecule has 2 heterocycles. The molecule has 0 aromatic carbocycles. The van der Waals surface area contributed by atoms with Gasteiger partial charge in [-0.15, -0.1) is 11.3 Å². The van der Waals surface area contributed by atoms with E-state index >= 15 is 0 Å². The molecule has 1 aliphatic rings. The number of carbonyl (C=O) groups excluding carboxylic acids is 1. The van der Waals surface area contributed by atoms with Gasteiger partial charge in [0.05, 0.1) is 12.6 Å². The van der Waals surface area contributed by atoms with Crippen molar-refractivity contribution in [3.05, 3.63) is 21.9 Å². The topological polar surface area (TPSA) is 41.6 Å². The van der Waals surface area contributed by atoms with Crippen LogP contribution in [0.15, 0.2) is 12.1 Å². The van der Waals surface area contributed by atoms with E-state index < -0.39 is 0 Å². The number of aryl methyl sites for hydroxylation is 1. The molecule has 4 nitrogen and oxygen atoms in total. The fourth-order valence-electron chi connectivity index (χ4n) is 2.44. The van der Waals surface area contributed by atoms with Gasteiger partial charge in [-0.3, -0.25) is 10.1 Å². The van der Waals surface area contributed by atoms with Crippen LogP contribution < -0.4 is 5.32 Å². The molecule has 1 aliphatic heterocycles. The highest BCUT2D eigenvalue weighted by molar-refractivity contribution is 7.12. The minimum atomic E-state index is -0.0470. The van der Waals surface area contributed by atoms with E-state index in [1.54, 1.807) is 18.4 Å². The summed E-state index contributed by atoms with van der Waals surface area (Å²) in [7, 11) is 1.67. The lowest BCUT2D eigenvalue weighted by Gasteiger charge is -2.22. The molecule has 1 fully saturated rings. The standard InChI is InChI=1S/C14H22N2O2S/c1-4-5-11-14(17)16(8-9-18-3)13(15-11)12-7-6-10(2)19-12/h6-7,11,13,15H,4-5,8-9H2,1-3H3. The van der Waals surface area contributed by atoms with Gasteiger partial charge in [0.1, 0.15) is 6.17 Å². The molecule has 2 unspecified atom stereocenters. The van der Waals surface area contributed by atoms with E-state index in [2.05, 4.69) is 31.3 Å². The molecule has 0 bridgehead atoms. The summed E-state index contributed by atoms with van der Waals surface area (Å²) in [5.74, 6) is 0.204. The molecule has 1 aromatic rings. The molecule has 2 rings (SSSR count). The Labute approximate surface area is 118 Å². The van der Waals surface area contributed by atoms with Gasteiger partial charge < -0.3 is 9.64 Å². The molecule has 1 saturated heterocycles. The van der Waals surface area contributed by atoms with Crippen LogP contribution in [0.2, 0.25) is 0 Å². The number of rotatable bonds is 6. The number of carbonyl (C=O) groups is 1. The number of amides is 1. The van der Waals surface area contributed by atoms with Crippen LogP contribution in [0, 0.1) is 6.92 Å². The zero-order chi connectivity index (χ0) is 13.8. The highest BCUT2D eigenvalue weighted by Crippen LogP contribution is 2.31. The molecule has 5 heteroatoms. The van der Waals surface area contributed by atoms with E-state index in [1.807, 2.05) is 4.90 Å². The van der Waals surface area contributed by atoms with Gasteiger partial charge in [-0.05, 0) is 25.5 Å². The molecule has 0 saturated carbocycles. The van der Waals surface area contributed by atoms with Crippen LogP contribution in [0.5, 0.6) is 0 Å². The minimum absolute atomic E-state index is 0.0119. The first-order valence-corrected chi connectivity index (χ1v) is 7.60. The number of ether oxygens (including phenoxy) is 1. The smallest absolute Gasteiger partial charge is 0.241 e. The third-order valence-electron chi connectivity index (χ3n) is 3.40. The Morgan fingerprint density at radius 3 is 2.84 bits per heavy atom. The van der Waals surface area contributed by atoms with Gasteiger partial charge in [-0.1, -0.05) is 13.3 Å². The van der Waals surface area contributed by atoms with Crippen molar-refractivity contribution in [3.63, 3.8) is 0 Å². The molecule has 19 heavy (non-hydrogen) atoms. The Balaban J connectivity index is 2.16. The van der Waals surface area contributed by atoms with E-state index in [9.17, 15) is 4.79 Å². The van der Waals surface area contributed by atoms with Gasteiger partial charge in [-0.2, -0.15) is 0 Å². The fraction of sp³-hybridized carbons (Fsp3) is 0.643. The van der Waals surface area contributed by atoms with Crippen molar-refractivity contribution >= 4 is 17.2 Å². The molecular weight excluding hydrogens is 260 g/mol. The monoisotopic (exact) mass is 282 g/mol. The van der Waals surface area contributed by atoms with Gasteiger partial charge in [0.2, 0.25) is 5.91 Å². The average molecular weight is 282 g/mol. The first-order valence-electron chi connectivity index (χ1n) is 6.79. The number of hydrogen-bond donors (Lipinski definition) is 1. The maximum atomic E-state index is 12.4. The maximum absolute atomic E-state index is 12.4. The van der Waals surface area contributed by atoms with Crippen LogP contribution in [0.25, 0.3) is 0 Å². The van der Waals surface area contributed by atoms with Crippen LogP contribution in [0.1, 0.15) is 35.7 Å². The molecule has 0 spiro atoms. The first kappa shape index (κ1) is 14.5. The van der Waals surface area contributed by atoms with E-state index in [0.717, 1.165) is 12.8 Å². The number of nitrogens with zero attached hydrogens (tertiary/aromatic N) is 1. The van der Waals surface area contributed by atoms with E-state index in [0.29, 0.717) is 13.2 Å². The Morgan fingerprint density at radius 2 is 2.26 bits per heavy atom. The first-order chi connectivity index (χ1) is 9.17. The van der Waals surface area contributed by atoms with Crippen LogP contribution >= 0.6 is 11.3 Å². The van der Waals surface area contributed by atoms with Crippen molar-refractivity contribution in [2.75, 3.05) is 20.3 Å². The lowest BCUT2D eigenvalue weighted by atomic mass is 10.2. The Bertz CT molecular complexity index is 433. The zero-order valence-corrected chi connectivity index (χ0v) is 12.6. The van der Waals surface area contributed by atoms with Crippen molar-refractivity contribution < 1.29 is 9.53 Å². The van der Waals surface area contributed by atoms with E-state index in [4.69, 9.17) is 4.74 Å². The second kappa shape index (κ2) is 6.50. The number of methoxy groups -OCH3 is 1. The molecule has 1 amide bonds. The largest absolute Gasteiger partial charge is 0.383 e. The Hall–Kier alpha value is -0.910. The summed E-state index contributed by atoms with van der Waals surface area (Å²) in [5, 5.41) is 3.46. The predicted octanol–water partition coefficient (Wildman–Crippen LogP) is 2.30. The second-order valence-corrected chi connectivity index (χ2v) is 6.20. The molecule has 106 valence electrons. The van der Waals surface area contributed by atoms with Crippen molar-refractivity contribution in [2.45, 2.75) is 38.9 Å². The Morgan fingerprint density at radius 1 is 1.47 bits per heavy atom. The predicted molar refractivity (Wildman–Crippen MR) is 77.2 cm³/mol. The molecule has 2 atom stereocenters. The summed E-state index contributed by atoms with van der Waals surface area (Å²) in [6, 6.07) is 4.17. The Kier molecular flexibility index (Phi) is 4.96. The van der Waals surface area contributed by atoms with Crippen LogP contribution in [-0.4, -0.2) is 37.1 Å². The maximum Gasteiger partial charge on any atom is 0.241 e. The summed E-state index contributed by atoms with van der Waals surface area (Å²) in [5.41, 5.74) is 0. The molecule has 0 aliphatic carbocycles. The third kappa shape index (κ3) is 3.16. The number of hydrogen-bond acceptors (Lipinski definition) is 4. The normalized spacial score (nSPS) is 23.3. The van der Waals surface area contributed by atoms with Gasteiger partial charge in [-0.25, -0.2) is 0 Å². The fourth-order valence-corrected chi connectivity index (χ4v) is 3.39. The summed E-state index contributed by atoms with van der Waals surface area (Å²) in [4.78, 5) is 16.8.